The van der Waals surface area contributed by atoms with Crippen molar-refractivity contribution in [3.05, 3.63) is 42.0 Å². The molecule has 0 aliphatic heterocycles. The lowest BCUT2D eigenvalue weighted by atomic mass is 9.91. The Morgan fingerprint density at radius 2 is 1.18 bits per heavy atom. The number of hydrogen-bond donors (Lipinski definition) is 4. The maximum atomic E-state index is 11.9. The molecule has 0 bridgehead atoms. The largest absolute Gasteiger partial charge is 0.478 e. The van der Waals surface area contributed by atoms with Gasteiger partial charge in [0.1, 0.15) is 9.79 Å². The predicted octanol–water partition coefficient (Wildman–Crippen LogP) is 2.36. The molecule has 144 valence electrons. The van der Waals surface area contributed by atoms with Gasteiger partial charge < -0.3 is 10.8 Å². The number of hydrogen-bond acceptors (Lipinski definition) is 6. The van der Waals surface area contributed by atoms with Crippen LogP contribution in [0.1, 0.15) is 10.4 Å². The van der Waals surface area contributed by atoms with Crippen LogP contribution in [0.25, 0.3) is 32.3 Å². The maximum Gasteiger partial charge on any atom is 0.336 e. The highest BCUT2D eigenvalue weighted by Gasteiger charge is 2.26. The van der Waals surface area contributed by atoms with Gasteiger partial charge in [-0.25, -0.2) is 4.79 Å². The van der Waals surface area contributed by atoms with Crippen molar-refractivity contribution in [1.29, 1.82) is 0 Å². The van der Waals surface area contributed by atoms with Gasteiger partial charge in [-0.1, -0.05) is 24.3 Å². The van der Waals surface area contributed by atoms with E-state index in [-0.39, 0.29) is 38.2 Å². The Kier molecular flexibility index (Phi) is 3.62. The van der Waals surface area contributed by atoms with Crippen LogP contribution in [-0.2, 0) is 20.2 Å². The van der Waals surface area contributed by atoms with Crippen molar-refractivity contribution in [1.82, 2.24) is 0 Å². The smallest absolute Gasteiger partial charge is 0.336 e. The number of rotatable bonds is 3. The zero-order chi connectivity index (χ0) is 20.6. The van der Waals surface area contributed by atoms with Crippen molar-refractivity contribution < 1.29 is 35.8 Å². The fourth-order valence-corrected chi connectivity index (χ4v) is 5.06. The van der Waals surface area contributed by atoms with Gasteiger partial charge in [-0.2, -0.15) is 16.8 Å². The number of carbonyl (C=O) groups is 1. The summed E-state index contributed by atoms with van der Waals surface area (Å²) >= 11 is 0. The van der Waals surface area contributed by atoms with Gasteiger partial charge in [-0.3, -0.25) is 9.11 Å². The first-order valence-corrected chi connectivity index (χ1v) is 10.5. The zero-order valence-electron chi connectivity index (χ0n) is 13.7. The predicted molar refractivity (Wildman–Crippen MR) is 101 cm³/mol. The van der Waals surface area contributed by atoms with Crippen LogP contribution in [0.2, 0.25) is 0 Å². The lowest BCUT2D eigenvalue weighted by Gasteiger charge is -2.17. The van der Waals surface area contributed by atoms with E-state index < -0.39 is 36.0 Å². The highest BCUT2D eigenvalue weighted by Crippen LogP contribution is 2.42. The van der Waals surface area contributed by atoms with Crippen LogP contribution < -0.4 is 5.73 Å². The molecule has 0 heterocycles. The highest BCUT2D eigenvalue weighted by molar-refractivity contribution is 7.87. The summed E-state index contributed by atoms with van der Waals surface area (Å²) in [5.74, 6) is -1.28. The van der Waals surface area contributed by atoms with Gasteiger partial charge in [0.25, 0.3) is 20.2 Å². The topological polar surface area (TPSA) is 172 Å². The molecule has 0 fully saturated rings. The van der Waals surface area contributed by atoms with Crippen LogP contribution in [-0.4, -0.2) is 37.0 Å². The molecule has 0 saturated heterocycles. The second-order valence-electron chi connectivity index (χ2n) is 6.21. The molecule has 4 aromatic carbocycles. The van der Waals surface area contributed by atoms with Gasteiger partial charge in [0, 0.05) is 32.6 Å². The fraction of sp³-hybridized carbons (Fsp3) is 0. The minimum atomic E-state index is -4.87. The SMILES string of the molecule is Nc1cc(C(=O)O)c2ccc3c(S(=O)(=O)O)cc(S(=O)(=O)O)c4ccc1c2c43. The molecule has 11 heteroatoms. The quantitative estimate of drug-likeness (QED) is 0.220. The molecule has 0 aliphatic rings. The summed E-state index contributed by atoms with van der Waals surface area (Å²) in [6.45, 7) is 0. The molecule has 0 amide bonds. The Hall–Kier alpha value is -2.99. The third-order valence-corrected chi connectivity index (χ3v) is 6.43. The maximum absolute atomic E-state index is 11.9. The number of nitrogens with two attached hydrogens (primary N) is 1. The lowest BCUT2D eigenvalue weighted by Crippen LogP contribution is -2.07. The molecule has 4 aromatic rings. The van der Waals surface area contributed by atoms with E-state index in [1.807, 2.05) is 0 Å². The number of carboxylic acids is 1. The first-order valence-electron chi connectivity index (χ1n) is 7.63. The standard InChI is InChI=1S/C17H11NO8S2/c18-12-5-11(17(19)20)7-1-3-9-13(27(21,22)23)6-14(28(24,25)26)10-4-2-8(12)15(7)16(9)10/h1-6H,18H2,(H,19,20)(H,21,22,23)(H,24,25,26). The first kappa shape index (κ1) is 18.4. The monoisotopic (exact) mass is 421 g/mol. The molecular formula is C17H11NO8S2. The molecule has 0 radical (unpaired) electrons. The number of aromatic carboxylic acids is 1. The molecule has 0 aromatic heterocycles. The third kappa shape index (κ3) is 2.48. The van der Waals surface area contributed by atoms with Crippen LogP contribution in [0.5, 0.6) is 0 Å². The molecule has 9 nitrogen and oxygen atoms in total. The highest BCUT2D eigenvalue weighted by atomic mass is 32.2. The van der Waals surface area contributed by atoms with Crippen LogP contribution in [0.15, 0.2) is 46.2 Å². The zero-order valence-corrected chi connectivity index (χ0v) is 15.4. The van der Waals surface area contributed by atoms with Crippen molar-refractivity contribution in [3.63, 3.8) is 0 Å². The fourth-order valence-electron chi connectivity index (χ4n) is 3.56. The van der Waals surface area contributed by atoms with Crippen molar-refractivity contribution in [2.24, 2.45) is 0 Å². The summed E-state index contributed by atoms with van der Waals surface area (Å²) in [4.78, 5) is 10.2. The average molecular weight is 421 g/mol. The van der Waals surface area contributed by atoms with E-state index in [0.29, 0.717) is 11.5 Å². The van der Waals surface area contributed by atoms with E-state index in [1.54, 1.807) is 0 Å². The van der Waals surface area contributed by atoms with Gasteiger partial charge in [0.2, 0.25) is 0 Å². The second kappa shape index (κ2) is 5.52. The van der Waals surface area contributed by atoms with E-state index in [9.17, 15) is 35.8 Å². The summed E-state index contributed by atoms with van der Waals surface area (Å²) < 4.78 is 66.6. The van der Waals surface area contributed by atoms with Crippen molar-refractivity contribution in [3.8, 4) is 0 Å². The molecule has 0 atom stereocenters. The Morgan fingerprint density at radius 3 is 1.64 bits per heavy atom. The minimum Gasteiger partial charge on any atom is -0.478 e. The van der Waals surface area contributed by atoms with E-state index in [0.717, 1.165) is 0 Å². The van der Waals surface area contributed by atoms with Crippen molar-refractivity contribution in [2.45, 2.75) is 9.79 Å². The number of carboxylic acid groups (broad SMARTS) is 1. The number of benzene rings is 4. The van der Waals surface area contributed by atoms with E-state index in [2.05, 4.69) is 0 Å². The summed E-state index contributed by atoms with van der Waals surface area (Å²) in [5.41, 5.74) is 5.88. The van der Waals surface area contributed by atoms with Crippen molar-refractivity contribution in [2.75, 3.05) is 5.73 Å². The summed E-state index contributed by atoms with van der Waals surface area (Å²) in [6, 6.07) is 7.31. The molecular weight excluding hydrogens is 410 g/mol. The van der Waals surface area contributed by atoms with Gasteiger partial charge in [-0.05, 0) is 17.5 Å². The normalized spacial score (nSPS) is 12.9. The third-order valence-electron chi connectivity index (χ3n) is 4.64. The van der Waals surface area contributed by atoms with Gasteiger partial charge in [0.05, 0.1) is 5.56 Å². The number of anilines is 1. The molecule has 0 aliphatic carbocycles. The molecule has 0 unspecified atom stereocenters. The van der Waals surface area contributed by atoms with E-state index in [1.165, 1.54) is 30.3 Å². The Bertz CT molecular complexity index is 1490. The van der Waals surface area contributed by atoms with Crippen LogP contribution >= 0.6 is 0 Å². The van der Waals surface area contributed by atoms with Crippen molar-refractivity contribution >= 4 is 64.2 Å². The first-order chi connectivity index (χ1) is 12.9. The minimum absolute atomic E-state index is 0.0371. The van der Waals surface area contributed by atoms with Gasteiger partial charge in [-0.15, -0.1) is 0 Å². The summed E-state index contributed by atoms with van der Waals surface area (Å²) in [6.07, 6.45) is 0. The Balaban J connectivity index is 2.45. The molecule has 0 spiro atoms. The van der Waals surface area contributed by atoms with Crippen LogP contribution in [0.4, 0.5) is 5.69 Å². The van der Waals surface area contributed by atoms with E-state index >= 15 is 0 Å². The Morgan fingerprint density at radius 1 is 0.750 bits per heavy atom. The summed E-state index contributed by atoms with van der Waals surface area (Å²) in [7, 11) is -9.74. The van der Waals surface area contributed by atoms with Crippen LogP contribution in [0, 0.1) is 0 Å². The molecule has 5 N–H and O–H groups in total. The lowest BCUT2D eigenvalue weighted by molar-refractivity contribution is 0.0699. The molecule has 4 rings (SSSR count). The van der Waals surface area contributed by atoms with Crippen LogP contribution in [0.3, 0.4) is 0 Å². The molecule has 0 saturated carbocycles. The van der Waals surface area contributed by atoms with Gasteiger partial charge >= 0.3 is 5.97 Å². The number of nitrogen functional groups attached to an aromatic ring is 1. The molecule has 28 heavy (non-hydrogen) atoms. The second-order valence-corrected chi connectivity index (χ2v) is 8.99. The average Bonchev–Trinajstić information content (AvgIpc) is 2.58. The van der Waals surface area contributed by atoms with Gasteiger partial charge in [0.15, 0.2) is 0 Å². The van der Waals surface area contributed by atoms with E-state index in [4.69, 9.17) is 5.73 Å². The Labute approximate surface area is 157 Å². The summed E-state index contributed by atoms with van der Waals surface area (Å²) in [5, 5.41) is 10.2.